The molecular weight excluding hydrogens is 238 g/mol. The molecule has 0 amide bonds. The minimum absolute atomic E-state index is 0.612. The summed E-state index contributed by atoms with van der Waals surface area (Å²) in [4.78, 5) is 4.38. The van der Waals surface area contributed by atoms with Crippen LogP contribution in [0.25, 0.3) is 10.8 Å². The van der Waals surface area contributed by atoms with Crippen molar-refractivity contribution in [3.63, 3.8) is 0 Å². The van der Waals surface area contributed by atoms with Crippen LogP contribution in [-0.4, -0.2) is 14.8 Å². The minimum Gasteiger partial charge on any atom is -0.384 e. The van der Waals surface area contributed by atoms with E-state index >= 15 is 0 Å². The summed E-state index contributed by atoms with van der Waals surface area (Å²) in [6.45, 7) is 0.612. The summed E-state index contributed by atoms with van der Waals surface area (Å²) in [7, 11) is 1.83. The molecule has 0 atom stereocenters. The normalized spacial score (nSPS) is 10.8. The summed E-state index contributed by atoms with van der Waals surface area (Å²) in [5.74, 6) is 1.54. The van der Waals surface area contributed by atoms with Crippen molar-refractivity contribution in [2.75, 3.05) is 11.1 Å². The molecule has 0 spiro atoms. The first-order chi connectivity index (χ1) is 9.25. The summed E-state index contributed by atoms with van der Waals surface area (Å²) in [6, 6.07) is 10.1. The highest BCUT2D eigenvalue weighted by atomic mass is 15.3. The lowest BCUT2D eigenvalue weighted by Gasteiger charge is -2.08. The molecule has 5 heteroatoms. The molecule has 0 aliphatic carbocycles. The molecule has 2 aromatic heterocycles. The van der Waals surface area contributed by atoms with Gasteiger partial charge in [-0.25, -0.2) is 4.98 Å². The molecule has 0 saturated heterocycles. The topological polar surface area (TPSA) is 68.8 Å². The number of aromatic nitrogens is 3. The quantitative estimate of drug-likeness (QED) is 0.750. The zero-order valence-electron chi connectivity index (χ0n) is 10.7. The predicted octanol–water partition coefficient (Wildman–Crippen LogP) is 2.16. The second-order valence-electron chi connectivity index (χ2n) is 4.41. The van der Waals surface area contributed by atoms with Crippen LogP contribution in [0.15, 0.2) is 42.7 Å². The lowest BCUT2D eigenvalue weighted by atomic mass is 10.1. The molecule has 0 saturated carbocycles. The highest BCUT2D eigenvalue weighted by Crippen LogP contribution is 2.21. The maximum atomic E-state index is 5.92. The summed E-state index contributed by atoms with van der Waals surface area (Å²) in [5, 5.41) is 9.71. The van der Waals surface area contributed by atoms with Gasteiger partial charge in [0, 0.05) is 30.7 Å². The van der Waals surface area contributed by atoms with Crippen LogP contribution in [0.3, 0.4) is 0 Å². The third-order valence-corrected chi connectivity index (χ3v) is 3.18. The molecule has 2 heterocycles. The molecule has 3 rings (SSSR count). The highest BCUT2D eigenvalue weighted by molar-refractivity contribution is 5.91. The molecule has 0 unspecified atom stereocenters. The molecule has 0 aliphatic rings. The first-order valence-electron chi connectivity index (χ1n) is 6.09. The van der Waals surface area contributed by atoms with Crippen molar-refractivity contribution in [3.05, 3.63) is 48.3 Å². The largest absolute Gasteiger partial charge is 0.384 e. The second-order valence-corrected chi connectivity index (χ2v) is 4.41. The highest BCUT2D eigenvalue weighted by Gasteiger charge is 2.06. The van der Waals surface area contributed by atoms with Gasteiger partial charge in [-0.15, -0.1) is 0 Å². The molecule has 19 heavy (non-hydrogen) atoms. The Bertz CT molecular complexity index is 711. The fraction of sp³-hybridized carbons (Fsp3) is 0.143. The van der Waals surface area contributed by atoms with Crippen LogP contribution in [0.2, 0.25) is 0 Å². The monoisotopic (exact) mass is 253 g/mol. The molecule has 1 aromatic carbocycles. The van der Waals surface area contributed by atoms with E-state index in [1.54, 1.807) is 17.1 Å². The number of nitrogens with two attached hydrogens (primary N) is 1. The maximum absolute atomic E-state index is 5.92. The predicted molar refractivity (Wildman–Crippen MR) is 76.7 cm³/mol. The standard InChI is InChI=1S/C14H15N5/c1-19-13(15)11(9-18-19)8-17-14-12-5-3-2-4-10(12)6-7-16-14/h2-7,9H,8,15H2,1H3,(H,16,17). The molecule has 96 valence electrons. The van der Waals surface area contributed by atoms with Crippen LogP contribution < -0.4 is 11.1 Å². The molecular formula is C14H15N5. The zero-order chi connectivity index (χ0) is 13.2. The van der Waals surface area contributed by atoms with E-state index in [2.05, 4.69) is 27.5 Å². The van der Waals surface area contributed by atoms with Crippen molar-refractivity contribution in [1.29, 1.82) is 0 Å². The van der Waals surface area contributed by atoms with Crippen molar-refractivity contribution >= 4 is 22.4 Å². The number of nitrogens with zero attached hydrogens (tertiary/aromatic N) is 3. The van der Waals surface area contributed by atoms with Crippen LogP contribution in [0, 0.1) is 0 Å². The first-order valence-corrected chi connectivity index (χ1v) is 6.09. The molecule has 0 bridgehead atoms. The fourth-order valence-electron chi connectivity index (χ4n) is 2.07. The number of aryl methyl sites for hydroxylation is 1. The number of hydrogen-bond acceptors (Lipinski definition) is 4. The number of pyridine rings is 1. The van der Waals surface area contributed by atoms with Crippen LogP contribution in [-0.2, 0) is 13.6 Å². The van der Waals surface area contributed by atoms with Gasteiger partial charge in [0.2, 0.25) is 0 Å². The Hall–Kier alpha value is -2.56. The Kier molecular flexibility index (Phi) is 2.79. The third kappa shape index (κ3) is 2.10. The Morgan fingerprint density at radius 1 is 1.26 bits per heavy atom. The Balaban J connectivity index is 1.88. The van der Waals surface area contributed by atoms with E-state index in [1.807, 2.05) is 25.2 Å². The van der Waals surface area contributed by atoms with Gasteiger partial charge in [0.05, 0.1) is 6.20 Å². The van der Waals surface area contributed by atoms with E-state index in [0.717, 1.165) is 16.8 Å². The molecule has 0 fully saturated rings. The summed E-state index contributed by atoms with van der Waals surface area (Å²) < 4.78 is 1.66. The fourth-order valence-corrected chi connectivity index (χ4v) is 2.07. The first kappa shape index (κ1) is 11.5. The van der Waals surface area contributed by atoms with Crippen molar-refractivity contribution in [2.45, 2.75) is 6.54 Å². The average molecular weight is 253 g/mol. The Morgan fingerprint density at radius 3 is 2.89 bits per heavy atom. The van der Waals surface area contributed by atoms with E-state index in [1.165, 1.54) is 5.39 Å². The summed E-state index contributed by atoms with van der Waals surface area (Å²) >= 11 is 0. The Labute approximate surface area is 111 Å². The summed E-state index contributed by atoms with van der Waals surface area (Å²) in [5.41, 5.74) is 6.89. The lowest BCUT2D eigenvalue weighted by Crippen LogP contribution is -2.05. The van der Waals surface area contributed by atoms with Crippen LogP contribution in [0.1, 0.15) is 5.56 Å². The van der Waals surface area contributed by atoms with Crippen LogP contribution >= 0.6 is 0 Å². The molecule has 3 aromatic rings. The number of rotatable bonds is 3. The van der Waals surface area contributed by atoms with E-state index in [0.29, 0.717) is 12.4 Å². The van der Waals surface area contributed by atoms with Gasteiger partial charge in [-0.1, -0.05) is 24.3 Å². The second kappa shape index (κ2) is 4.61. The SMILES string of the molecule is Cn1ncc(CNc2nccc3ccccc23)c1N. The number of nitrogen functional groups attached to an aromatic ring is 1. The van der Waals surface area contributed by atoms with E-state index in [-0.39, 0.29) is 0 Å². The van der Waals surface area contributed by atoms with Gasteiger partial charge in [0.25, 0.3) is 0 Å². The average Bonchev–Trinajstić information content (AvgIpc) is 2.76. The number of hydrogen-bond donors (Lipinski definition) is 2. The van der Waals surface area contributed by atoms with Crippen LogP contribution in [0.4, 0.5) is 11.6 Å². The van der Waals surface area contributed by atoms with Crippen molar-refractivity contribution in [3.8, 4) is 0 Å². The molecule has 0 radical (unpaired) electrons. The minimum atomic E-state index is 0.612. The van der Waals surface area contributed by atoms with Gasteiger partial charge >= 0.3 is 0 Å². The number of fused-ring (bicyclic) bond motifs is 1. The van der Waals surface area contributed by atoms with Crippen molar-refractivity contribution in [1.82, 2.24) is 14.8 Å². The van der Waals surface area contributed by atoms with Gasteiger partial charge in [0.1, 0.15) is 11.6 Å². The van der Waals surface area contributed by atoms with Gasteiger partial charge in [0.15, 0.2) is 0 Å². The van der Waals surface area contributed by atoms with Gasteiger partial charge in [-0.05, 0) is 11.5 Å². The Morgan fingerprint density at radius 2 is 2.11 bits per heavy atom. The zero-order valence-corrected chi connectivity index (χ0v) is 10.7. The van der Waals surface area contributed by atoms with E-state index in [4.69, 9.17) is 5.73 Å². The van der Waals surface area contributed by atoms with Gasteiger partial charge in [-0.2, -0.15) is 5.10 Å². The number of anilines is 2. The number of nitrogens with one attached hydrogen (secondary N) is 1. The van der Waals surface area contributed by atoms with Crippen molar-refractivity contribution < 1.29 is 0 Å². The van der Waals surface area contributed by atoms with E-state index < -0.39 is 0 Å². The van der Waals surface area contributed by atoms with Crippen LogP contribution in [0.5, 0.6) is 0 Å². The van der Waals surface area contributed by atoms with Gasteiger partial charge < -0.3 is 11.1 Å². The third-order valence-electron chi connectivity index (χ3n) is 3.18. The molecule has 0 aliphatic heterocycles. The number of benzene rings is 1. The van der Waals surface area contributed by atoms with E-state index in [9.17, 15) is 0 Å². The van der Waals surface area contributed by atoms with Crippen molar-refractivity contribution in [2.24, 2.45) is 7.05 Å². The molecule has 3 N–H and O–H groups in total. The molecule has 5 nitrogen and oxygen atoms in total. The smallest absolute Gasteiger partial charge is 0.134 e. The summed E-state index contributed by atoms with van der Waals surface area (Å²) in [6.07, 6.45) is 3.57. The van der Waals surface area contributed by atoms with Gasteiger partial charge in [-0.3, -0.25) is 4.68 Å². The maximum Gasteiger partial charge on any atom is 0.134 e. The lowest BCUT2D eigenvalue weighted by molar-refractivity contribution is 0.778.